The van der Waals surface area contributed by atoms with Crippen molar-refractivity contribution in [2.75, 3.05) is 43.9 Å². The minimum atomic E-state index is -2.27. The van der Waals surface area contributed by atoms with Gasteiger partial charge in [0.25, 0.3) is 0 Å². The van der Waals surface area contributed by atoms with Crippen LogP contribution < -0.4 is 26.2 Å². The number of nitrogens with one attached hydrogen (secondary N) is 4. The first-order valence-electron chi connectivity index (χ1n) is 19.8. The van der Waals surface area contributed by atoms with E-state index in [1.165, 1.54) is 17.4 Å². The molecule has 1 fully saturated rings. The molecule has 1 saturated heterocycles. The SMILES string of the molecule is COc1cc(NC(=O)CCN2CCC(OC(=O)Nc3sccc3-c3ccccc3)CC2)c(Cl)cc1CNC[C@H](O[Si](C)(C)C(C)(C)C)c1ccc(O)c2[nH]c(=O)ccc12. The van der Waals surface area contributed by atoms with Gasteiger partial charge in [0.05, 0.1) is 29.4 Å². The highest BCUT2D eigenvalue weighted by Crippen LogP contribution is 2.41. The summed E-state index contributed by atoms with van der Waals surface area (Å²) in [5.74, 6) is 0.386. The highest BCUT2D eigenvalue weighted by atomic mass is 35.5. The number of thiophene rings is 1. The van der Waals surface area contributed by atoms with Gasteiger partial charge in [-0.05, 0) is 71.7 Å². The number of ether oxygens (including phenoxy) is 2. The zero-order valence-electron chi connectivity index (χ0n) is 34.4. The third-order valence-corrected chi connectivity index (χ3v) is 16.8. The number of carbonyl (C=O) groups excluding carboxylic acids is 2. The second-order valence-electron chi connectivity index (χ2n) is 16.3. The number of aromatic amines is 1. The summed E-state index contributed by atoms with van der Waals surface area (Å²) >= 11 is 8.20. The number of rotatable bonds is 15. The normalized spacial score (nSPS) is 14.6. The lowest BCUT2D eigenvalue weighted by Gasteiger charge is -2.39. The molecule has 314 valence electrons. The summed E-state index contributed by atoms with van der Waals surface area (Å²) in [6, 6.07) is 22.0. The first-order valence-corrected chi connectivity index (χ1v) is 24.0. The Balaban J connectivity index is 1.00. The van der Waals surface area contributed by atoms with Crippen LogP contribution in [0.15, 0.2) is 83.0 Å². The molecular formula is C44H54ClN5O7SSi. The van der Waals surface area contributed by atoms with Gasteiger partial charge in [0.2, 0.25) is 11.5 Å². The lowest BCUT2D eigenvalue weighted by atomic mass is 10.0. The van der Waals surface area contributed by atoms with E-state index in [-0.39, 0.29) is 34.8 Å². The van der Waals surface area contributed by atoms with Crippen LogP contribution in [0.3, 0.4) is 0 Å². The Morgan fingerprint density at radius 2 is 1.78 bits per heavy atom. The second-order valence-corrected chi connectivity index (χ2v) is 22.4. The van der Waals surface area contributed by atoms with Gasteiger partial charge in [-0.2, -0.15) is 0 Å². The fraction of sp³-hybridized carbons (Fsp3) is 0.386. The van der Waals surface area contributed by atoms with Gasteiger partial charge < -0.3 is 39.5 Å². The van der Waals surface area contributed by atoms with E-state index in [4.69, 9.17) is 25.5 Å². The maximum absolute atomic E-state index is 13.1. The van der Waals surface area contributed by atoms with Crippen molar-refractivity contribution in [2.45, 2.75) is 76.9 Å². The Labute approximate surface area is 355 Å². The van der Waals surface area contributed by atoms with Crippen LogP contribution in [0, 0.1) is 0 Å². The molecule has 5 N–H and O–H groups in total. The number of methoxy groups -OCH3 is 1. The number of carbonyl (C=O) groups is 2. The highest BCUT2D eigenvalue weighted by Gasteiger charge is 2.40. The zero-order chi connectivity index (χ0) is 42.3. The molecule has 2 amide bonds. The van der Waals surface area contributed by atoms with E-state index in [1.807, 2.05) is 47.8 Å². The van der Waals surface area contributed by atoms with Crippen LogP contribution in [-0.4, -0.2) is 74.7 Å². The first kappa shape index (κ1) is 43.9. The van der Waals surface area contributed by atoms with E-state index in [2.05, 4.69) is 59.7 Å². The summed E-state index contributed by atoms with van der Waals surface area (Å²) in [5.41, 5.74) is 4.17. The number of piperidine rings is 1. The fourth-order valence-corrected chi connectivity index (χ4v) is 9.20. The summed E-state index contributed by atoms with van der Waals surface area (Å²) in [4.78, 5) is 42.9. The number of amides is 2. The summed E-state index contributed by atoms with van der Waals surface area (Å²) in [6.07, 6.45) is 0.573. The van der Waals surface area contributed by atoms with Crippen LogP contribution >= 0.6 is 22.9 Å². The van der Waals surface area contributed by atoms with Gasteiger partial charge in [0.15, 0.2) is 8.32 Å². The number of aromatic nitrogens is 1. The van der Waals surface area contributed by atoms with Gasteiger partial charge in [0.1, 0.15) is 22.6 Å². The lowest BCUT2D eigenvalue weighted by Crippen LogP contribution is -2.43. The van der Waals surface area contributed by atoms with Crippen molar-refractivity contribution >= 4 is 64.8 Å². The molecule has 12 nitrogen and oxygen atoms in total. The van der Waals surface area contributed by atoms with Crippen molar-refractivity contribution in [3.05, 3.63) is 105 Å². The third kappa shape index (κ3) is 11.1. The van der Waals surface area contributed by atoms with E-state index in [0.717, 1.165) is 27.3 Å². The van der Waals surface area contributed by atoms with Crippen molar-refractivity contribution in [3.63, 3.8) is 0 Å². The smallest absolute Gasteiger partial charge is 0.412 e. The molecule has 0 aliphatic carbocycles. The number of nitrogens with zero attached hydrogens (tertiary/aromatic N) is 1. The number of likely N-dealkylation sites (tertiary alicyclic amines) is 1. The number of benzene rings is 3. The molecule has 1 atom stereocenters. The van der Waals surface area contributed by atoms with Crippen LogP contribution in [0.25, 0.3) is 22.0 Å². The van der Waals surface area contributed by atoms with Crippen LogP contribution in [0.5, 0.6) is 11.5 Å². The quantitative estimate of drug-likeness (QED) is 0.0648. The minimum Gasteiger partial charge on any atom is -0.506 e. The van der Waals surface area contributed by atoms with E-state index in [0.29, 0.717) is 72.9 Å². The number of halogens is 1. The number of aromatic hydroxyl groups is 1. The maximum Gasteiger partial charge on any atom is 0.412 e. The number of phenolic OH excluding ortho intramolecular Hbond substituents is 1. The topological polar surface area (TPSA) is 154 Å². The number of phenols is 1. The van der Waals surface area contributed by atoms with Crippen LogP contribution in [0.4, 0.5) is 15.5 Å². The highest BCUT2D eigenvalue weighted by molar-refractivity contribution is 7.15. The average molecular weight is 861 g/mol. The van der Waals surface area contributed by atoms with Gasteiger partial charge >= 0.3 is 6.09 Å². The Kier molecular flexibility index (Phi) is 14.2. The van der Waals surface area contributed by atoms with Crippen molar-refractivity contribution in [1.82, 2.24) is 15.2 Å². The summed E-state index contributed by atoms with van der Waals surface area (Å²) < 4.78 is 18.4. The molecule has 15 heteroatoms. The number of hydrogen-bond donors (Lipinski definition) is 5. The molecule has 0 unspecified atom stereocenters. The molecular weight excluding hydrogens is 806 g/mol. The molecule has 0 bridgehead atoms. The summed E-state index contributed by atoms with van der Waals surface area (Å²) in [6.45, 7) is 13.7. The van der Waals surface area contributed by atoms with Crippen LogP contribution in [0.2, 0.25) is 23.2 Å². The molecule has 5 aromatic rings. The molecule has 6 rings (SSSR count). The Morgan fingerprint density at radius 1 is 1.03 bits per heavy atom. The first-order chi connectivity index (χ1) is 28.1. The zero-order valence-corrected chi connectivity index (χ0v) is 37.0. The molecule has 0 spiro atoms. The molecule has 59 heavy (non-hydrogen) atoms. The second kappa shape index (κ2) is 19.1. The molecule has 0 radical (unpaired) electrons. The van der Waals surface area contributed by atoms with Crippen molar-refractivity contribution in [3.8, 4) is 22.6 Å². The largest absolute Gasteiger partial charge is 0.506 e. The van der Waals surface area contributed by atoms with Gasteiger partial charge in [-0.3, -0.25) is 14.9 Å². The minimum absolute atomic E-state index is 0.00627. The average Bonchev–Trinajstić information content (AvgIpc) is 3.66. The Bertz CT molecular complexity index is 2300. The van der Waals surface area contributed by atoms with Crippen molar-refractivity contribution < 1.29 is 28.6 Å². The molecule has 2 aromatic heterocycles. The number of anilines is 2. The summed E-state index contributed by atoms with van der Waals surface area (Å²) in [5, 5.41) is 23.7. The monoisotopic (exact) mass is 859 g/mol. The van der Waals surface area contributed by atoms with Crippen LogP contribution in [-0.2, 0) is 20.5 Å². The molecule has 3 heterocycles. The molecule has 1 aliphatic heterocycles. The number of pyridine rings is 1. The van der Waals surface area contributed by atoms with Gasteiger partial charge in [-0.15, -0.1) is 11.3 Å². The number of fused-ring (bicyclic) bond motifs is 1. The predicted octanol–water partition coefficient (Wildman–Crippen LogP) is 9.52. The number of hydrogen-bond acceptors (Lipinski definition) is 10. The summed E-state index contributed by atoms with van der Waals surface area (Å²) in [7, 11) is -0.698. The van der Waals surface area contributed by atoms with Gasteiger partial charge in [-0.1, -0.05) is 68.8 Å². The molecule has 1 aliphatic rings. The molecule has 0 saturated carbocycles. The Morgan fingerprint density at radius 3 is 2.49 bits per heavy atom. The number of H-pyrrole nitrogens is 1. The third-order valence-electron chi connectivity index (χ3n) is 11.2. The van der Waals surface area contributed by atoms with Gasteiger partial charge in [0, 0.05) is 67.8 Å². The van der Waals surface area contributed by atoms with E-state index >= 15 is 0 Å². The van der Waals surface area contributed by atoms with E-state index < -0.39 is 20.5 Å². The van der Waals surface area contributed by atoms with Crippen LogP contribution in [0.1, 0.15) is 57.3 Å². The Hall–Kier alpha value is -4.70. The molecule has 3 aromatic carbocycles. The van der Waals surface area contributed by atoms with Crippen molar-refractivity contribution in [2.24, 2.45) is 0 Å². The van der Waals surface area contributed by atoms with Gasteiger partial charge in [-0.25, -0.2) is 4.79 Å². The standard InChI is InChI=1S/C44H54ClN5O7SSi/c1-44(2,3)59(5,6)57-38(32-12-14-36(51)41-33(32)13-15-39(52)48-41)27-46-26-29-24-34(45)35(25-37(29)55-4)47-40(53)18-22-50-20-16-30(17-21-50)56-43(54)49-42-31(19-23-58-42)28-10-8-7-9-11-28/h7-15,19,23-25,30,38,46,51H,16-18,20-22,26-27H2,1-6H3,(H,47,53)(H,48,52)(H,49,54)/t38-/m0/s1. The van der Waals surface area contributed by atoms with E-state index in [9.17, 15) is 19.5 Å². The lowest BCUT2D eigenvalue weighted by molar-refractivity contribution is -0.116. The fourth-order valence-electron chi connectivity index (χ4n) is 6.89. The maximum atomic E-state index is 13.1. The van der Waals surface area contributed by atoms with Crippen molar-refractivity contribution in [1.29, 1.82) is 0 Å². The predicted molar refractivity (Wildman–Crippen MR) is 240 cm³/mol. The van der Waals surface area contributed by atoms with E-state index in [1.54, 1.807) is 31.4 Å².